The number of hydrogen-bond donors (Lipinski definition) is 1. The molecule has 0 aliphatic carbocycles. The van der Waals surface area contributed by atoms with E-state index in [2.05, 4.69) is 36.2 Å². The van der Waals surface area contributed by atoms with E-state index < -0.39 is 5.91 Å². The molecular formula is C10H5BrCl2N4O. The van der Waals surface area contributed by atoms with Crippen LogP contribution in [-0.2, 0) is 0 Å². The van der Waals surface area contributed by atoms with Crippen LogP contribution >= 0.6 is 39.1 Å². The number of pyridine rings is 1. The van der Waals surface area contributed by atoms with Gasteiger partial charge in [-0.05, 0) is 39.7 Å². The molecule has 0 bridgehead atoms. The van der Waals surface area contributed by atoms with Gasteiger partial charge in [0.05, 0.1) is 0 Å². The number of halogens is 3. The molecule has 2 aromatic rings. The van der Waals surface area contributed by atoms with E-state index in [0.29, 0.717) is 0 Å². The molecule has 0 saturated carbocycles. The lowest BCUT2D eigenvalue weighted by atomic mass is 10.3. The molecule has 2 rings (SSSR count). The van der Waals surface area contributed by atoms with Crippen LogP contribution < -0.4 is 5.32 Å². The minimum Gasteiger partial charge on any atom is -0.305 e. The molecule has 1 amide bonds. The molecular weight excluding hydrogens is 343 g/mol. The van der Waals surface area contributed by atoms with Gasteiger partial charge >= 0.3 is 0 Å². The highest BCUT2D eigenvalue weighted by Gasteiger charge is 2.09. The van der Waals surface area contributed by atoms with Gasteiger partial charge in [-0.15, -0.1) is 0 Å². The van der Waals surface area contributed by atoms with Crippen molar-refractivity contribution >= 4 is 50.9 Å². The summed E-state index contributed by atoms with van der Waals surface area (Å²) in [4.78, 5) is 23.3. The largest absolute Gasteiger partial charge is 0.305 e. The van der Waals surface area contributed by atoms with Crippen LogP contribution in [-0.4, -0.2) is 20.9 Å². The van der Waals surface area contributed by atoms with E-state index >= 15 is 0 Å². The van der Waals surface area contributed by atoms with Crippen LogP contribution in [0.3, 0.4) is 0 Å². The second kappa shape index (κ2) is 5.60. The van der Waals surface area contributed by atoms with Crippen molar-refractivity contribution in [3.8, 4) is 0 Å². The first-order chi connectivity index (χ1) is 8.54. The Morgan fingerprint density at radius 1 is 1.28 bits per heavy atom. The second-order valence-electron chi connectivity index (χ2n) is 3.16. The minimum atomic E-state index is -0.409. The minimum absolute atomic E-state index is 0.0402. The van der Waals surface area contributed by atoms with Gasteiger partial charge in [-0.1, -0.05) is 11.6 Å². The number of carbonyl (C=O) groups is 1. The zero-order valence-corrected chi connectivity index (χ0v) is 11.8. The van der Waals surface area contributed by atoms with Gasteiger partial charge in [0.1, 0.15) is 16.7 Å². The first kappa shape index (κ1) is 13.2. The number of carbonyl (C=O) groups excluding carboxylic acids is 1. The van der Waals surface area contributed by atoms with Crippen molar-refractivity contribution < 1.29 is 4.79 Å². The number of amides is 1. The van der Waals surface area contributed by atoms with E-state index in [-0.39, 0.29) is 21.9 Å². The molecule has 0 atom stereocenters. The molecule has 5 nitrogen and oxygen atoms in total. The Kier molecular flexibility index (Phi) is 4.11. The number of hydrogen-bond acceptors (Lipinski definition) is 4. The fourth-order valence-corrected chi connectivity index (χ4v) is 1.79. The average molecular weight is 348 g/mol. The molecule has 2 heterocycles. The van der Waals surface area contributed by atoms with Crippen LogP contribution in [0.25, 0.3) is 0 Å². The van der Waals surface area contributed by atoms with Gasteiger partial charge in [0, 0.05) is 16.7 Å². The highest BCUT2D eigenvalue weighted by atomic mass is 79.9. The van der Waals surface area contributed by atoms with E-state index in [1.165, 1.54) is 12.3 Å². The molecule has 0 spiro atoms. The SMILES string of the molecule is O=C(Nc1cc(Cl)nc(Cl)n1)c1ccc(Br)cn1. The molecule has 0 fully saturated rings. The Morgan fingerprint density at radius 2 is 2.06 bits per heavy atom. The van der Waals surface area contributed by atoms with Gasteiger partial charge in [-0.2, -0.15) is 0 Å². The maximum atomic E-state index is 11.8. The highest BCUT2D eigenvalue weighted by Crippen LogP contribution is 2.15. The van der Waals surface area contributed by atoms with Crippen LogP contribution in [0.15, 0.2) is 28.9 Å². The van der Waals surface area contributed by atoms with Crippen molar-refractivity contribution in [2.45, 2.75) is 0 Å². The number of rotatable bonds is 2. The summed E-state index contributed by atoms with van der Waals surface area (Å²) in [5.41, 5.74) is 0.254. The van der Waals surface area contributed by atoms with Crippen molar-refractivity contribution in [1.29, 1.82) is 0 Å². The van der Waals surface area contributed by atoms with Crippen LogP contribution in [0, 0.1) is 0 Å². The van der Waals surface area contributed by atoms with Crippen LogP contribution in [0.4, 0.5) is 5.82 Å². The third-order valence-electron chi connectivity index (χ3n) is 1.87. The second-order valence-corrected chi connectivity index (χ2v) is 4.80. The van der Waals surface area contributed by atoms with E-state index in [1.54, 1.807) is 12.1 Å². The summed E-state index contributed by atoms with van der Waals surface area (Å²) >= 11 is 14.5. The molecule has 0 aromatic carbocycles. The topological polar surface area (TPSA) is 67.8 Å². The number of nitrogens with zero attached hydrogens (tertiary/aromatic N) is 3. The maximum absolute atomic E-state index is 11.8. The Labute approximate surface area is 121 Å². The van der Waals surface area contributed by atoms with Gasteiger partial charge in [-0.3, -0.25) is 4.79 Å². The van der Waals surface area contributed by atoms with E-state index in [9.17, 15) is 4.79 Å². The monoisotopic (exact) mass is 346 g/mol. The fraction of sp³-hybridized carbons (Fsp3) is 0. The van der Waals surface area contributed by atoms with Gasteiger partial charge in [-0.25, -0.2) is 15.0 Å². The van der Waals surface area contributed by atoms with E-state index in [0.717, 1.165) is 4.47 Å². The first-order valence-electron chi connectivity index (χ1n) is 4.67. The molecule has 92 valence electrons. The Morgan fingerprint density at radius 3 is 2.67 bits per heavy atom. The van der Waals surface area contributed by atoms with E-state index in [1.807, 2.05) is 0 Å². The van der Waals surface area contributed by atoms with Gasteiger partial charge in [0.25, 0.3) is 5.91 Å². The third-order valence-corrected chi connectivity index (χ3v) is 2.70. The fourth-order valence-electron chi connectivity index (χ4n) is 1.14. The van der Waals surface area contributed by atoms with Crippen molar-refractivity contribution in [2.24, 2.45) is 0 Å². The Balaban J connectivity index is 2.18. The van der Waals surface area contributed by atoms with Gasteiger partial charge in [0.2, 0.25) is 5.28 Å². The lowest BCUT2D eigenvalue weighted by molar-refractivity contribution is 0.102. The zero-order chi connectivity index (χ0) is 13.1. The third kappa shape index (κ3) is 3.38. The van der Waals surface area contributed by atoms with Crippen LogP contribution in [0.5, 0.6) is 0 Å². The first-order valence-corrected chi connectivity index (χ1v) is 6.22. The molecule has 0 unspecified atom stereocenters. The normalized spacial score (nSPS) is 10.2. The number of nitrogens with one attached hydrogen (secondary N) is 1. The predicted octanol–water partition coefficient (Wildman–Crippen LogP) is 3.19. The maximum Gasteiger partial charge on any atom is 0.275 e. The Bertz CT molecular complexity index is 571. The summed E-state index contributed by atoms with van der Waals surface area (Å²) < 4.78 is 0.784. The quantitative estimate of drug-likeness (QED) is 0.669. The van der Waals surface area contributed by atoms with Gasteiger partial charge in [0.15, 0.2) is 0 Å². The number of anilines is 1. The molecule has 0 saturated heterocycles. The smallest absolute Gasteiger partial charge is 0.275 e. The lowest BCUT2D eigenvalue weighted by Crippen LogP contribution is -2.14. The zero-order valence-electron chi connectivity index (χ0n) is 8.69. The van der Waals surface area contributed by atoms with Gasteiger partial charge < -0.3 is 5.32 Å². The standard InChI is InChI=1S/C10H5BrCl2N4O/c11-5-1-2-6(14-4-5)9(18)16-8-3-7(12)15-10(13)17-8/h1-4H,(H,15,16,17,18). The number of aromatic nitrogens is 3. The highest BCUT2D eigenvalue weighted by molar-refractivity contribution is 9.10. The summed E-state index contributed by atoms with van der Waals surface area (Å²) in [5.74, 6) is -0.192. The van der Waals surface area contributed by atoms with Crippen molar-refractivity contribution in [1.82, 2.24) is 15.0 Å². The summed E-state index contributed by atoms with van der Waals surface area (Å²) in [6.45, 7) is 0. The summed E-state index contributed by atoms with van der Waals surface area (Å²) in [7, 11) is 0. The average Bonchev–Trinajstić information content (AvgIpc) is 2.28. The van der Waals surface area contributed by atoms with Crippen molar-refractivity contribution in [3.05, 3.63) is 45.0 Å². The molecule has 1 N–H and O–H groups in total. The molecule has 0 aliphatic rings. The Hall–Kier alpha value is -1.24. The molecule has 0 aliphatic heterocycles. The molecule has 0 radical (unpaired) electrons. The molecule has 18 heavy (non-hydrogen) atoms. The van der Waals surface area contributed by atoms with Crippen LogP contribution in [0.1, 0.15) is 10.5 Å². The van der Waals surface area contributed by atoms with E-state index in [4.69, 9.17) is 23.2 Å². The molecule has 8 heteroatoms. The summed E-state index contributed by atoms with van der Waals surface area (Å²) in [6, 6.07) is 4.68. The van der Waals surface area contributed by atoms with Crippen molar-refractivity contribution in [2.75, 3.05) is 5.32 Å². The van der Waals surface area contributed by atoms with Crippen molar-refractivity contribution in [3.63, 3.8) is 0 Å². The molecule has 2 aromatic heterocycles. The predicted molar refractivity (Wildman–Crippen MR) is 71.9 cm³/mol. The summed E-state index contributed by atoms with van der Waals surface area (Å²) in [6.07, 6.45) is 1.52. The van der Waals surface area contributed by atoms with Crippen LogP contribution in [0.2, 0.25) is 10.4 Å². The summed E-state index contributed by atoms with van der Waals surface area (Å²) in [5, 5.41) is 2.63. The lowest BCUT2D eigenvalue weighted by Gasteiger charge is -2.04.